The first-order valence-electron chi connectivity index (χ1n) is 7.74. The smallest absolute Gasteiger partial charge is 0.417 e. The average Bonchev–Trinajstić information content (AvgIpc) is 3.10. The van der Waals surface area contributed by atoms with E-state index in [0.717, 1.165) is 18.8 Å². The lowest BCUT2D eigenvalue weighted by molar-refractivity contribution is 0.215. The monoisotopic (exact) mass is 312 g/mol. The first-order valence-corrected chi connectivity index (χ1v) is 7.74. The largest absolute Gasteiger partial charge is 0.495 e. The van der Waals surface area contributed by atoms with E-state index in [-0.39, 0.29) is 0 Å². The molecule has 1 aliphatic rings. The van der Waals surface area contributed by atoms with Gasteiger partial charge in [0.1, 0.15) is 5.75 Å². The zero-order valence-corrected chi connectivity index (χ0v) is 13.1. The molecule has 0 atom stereocenters. The van der Waals surface area contributed by atoms with Gasteiger partial charge in [-0.3, -0.25) is 5.32 Å². The number of hydrogen-bond acceptors (Lipinski definition) is 4. The van der Waals surface area contributed by atoms with Crippen LogP contribution in [0.15, 0.2) is 48.5 Å². The van der Waals surface area contributed by atoms with E-state index >= 15 is 0 Å². The number of nitrogens with one attached hydrogen (secondary N) is 1. The molecule has 2 aromatic rings. The van der Waals surface area contributed by atoms with Crippen LogP contribution in [0.3, 0.4) is 0 Å². The quantitative estimate of drug-likeness (QED) is 0.930. The van der Waals surface area contributed by atoms with Crippen molar-refractivity contribution in [3.8, 4) is 11.5 Å². The maximum atomic E-state index is 12.2. The molecule has 1 saturated heterocycles. The van der Waals surface area contributed by atoms with E-state index in [2.05, 4.69) is 10.2 Å². The lowest BCUT2D eigenvalue weighted by atomic mass is 10.2. The van der Waals surface area contributed by atoms with E-state index in [4.69, 9.17) is 9.47 Å². The summed E-state index contributed by atoms with van der Waals surface area (Å²) in [7, 11) is 1.56. The Hall–Kier alpha value is -2.69. The Bertz CT molecular complexity index is 681. The first-order chi connectivity index (χ1) is 11.3. The lowest BCUT2D eigenvalue weighted by Crippen LogP contribution is -2.22. The Morgan fingerprint density at radius 2 is 1.65 bits per heavy atom. The number of methoxy groups -OCH3 is 1. The molecule has 0 aromatic heterocycles. The summed E-state index contributed by atoms with van der Waals surface area (Å²) in [5.74, 6) is 1.17. The Balaban J connectivity index is 1.73. The molecule has 5 heteroatoms. The van der Waals surface area contributed by atoms with Gasteiger partial charge in [0.2, 0.25) is 0 Å². The zero-order valence-electron chi connectivity index (χ0n) is 13.1. The summed E-state index contributed by atoms with van der Waals surface area (Å²) in [5, 5.41) is 2.72. The van der Waals surface area contributed by atoms with Gasteiger partial charge >= 0.3 is 6.09 Å². The van der Waals surface area contributed by atoms with E-state index in [1.54, 1.807) is 19.2 Å². The Kier molecular flexibility index (Phi) is 4.66. The fourth-order valence-electron chi connectivity index (χ4n) is 2.75. The molecule has 120 valence electrons. The van der Waals surface area contributed by atoms with Crippen LogP contribution in [0.1, 0.15) is 12.8 Å². The van der Waals surface area contributed by atoms with E-state index in [9.17, 15) is 4.79 Å². The van der Waals surface area contributed by atoms with Gasteiger partial charge in [0, 0.05) is 13.1 Å². The van der Waals surface area contributed by atoms with Gasteiger partial charge in [0.15, 0.2) is 5.75 Å². The SMILES string of the molecule is COc1ccccc1NC(=O)Oc1ccccc1N1CCCC1. The van der Waals surface area contributed by atoms with Gasteiger partial charge in [-0.05, 0) is 37.1 Å². The van der Waals surface area contributed by atoms with Gasteiger partial charge in [0.05, 0.1) is 18.5 Å². The highest BCUT2D eigenvalue weighted by Gasteiger charge is 2.18. The minimum atomic E-state index is -0.527. The number of para-hydroxylation sites is 4. The number of carbonyl (C=O) groups excluding carboxylic acids is 1. The summed E-state index contributed by atoms with van der Waals surface area (Å²) in [6, 6.07) is 14.9. The Morgan fingerprint density at radius 3 is 2.39 bits per heavy atom. The van der Waals surface area contributed by atoms with Crippen LogP contribution in [0.4, 0.5) is 16.2 Å². The zero-order chi connectivity index (χ0) is 16.1. The van der Waals surface area contributed by atoms with Crippen molar-refractivity contribution in [2.45, 2.75) is 12.8 Å². The standard InChI is InChI=1S/C18H20N2O3/c1-22-16-10-4-2-8-14(16)19-18(21)23-17-11-5-3-9-15(17)20-12-6-7-13-20/h2-5,8-11H,6-7,12-13H2,1H3,(H,19,21). The molecule has 1 amide bonds. The van der Waals surface area contributed by atoms with E-state index in [1.165, 1.54) is 12.8 Å². The highest BCUT2D eigenvalue weighted by Crippen LogP contribution is 2.31. The van der Waals surface area contributed by atoms with E-state index in [0.29, 0.717) is 17.2 Å². The molecule has 5 nitrogen and oxygen atoms in total. The molecule has 2 aromatic carbocycles. The van der Waals surface area contributed by atoms with Crippen LogP contribution in [0.5, 0.6) is 11.5 Å². The van der Waals surface area contributed by atoms with Crippen LogP contribution in [0.25, 0.3) is 0 Å². The van der Waals surface area contributed by atoms with Gasteiger partial charge < -0.3 is 14.4 Å². The average molecular weight is 312 g/mol. The number of anilines is 2. The first kappa shape index (κ1) is 15.2. The van der Waals surface area contributed by atoms with Gasteiger partial charge in [-0.1, -0.05) is 24.3 Å². The van der Waals surface area contributed by atoms with Crippen LogP contribution >= 0.6 is 0 Å². The third-order valence-electron chi connectivity index (χ3n) is 3.86. The summed E-state index contributed by atoms with van der Waals surface area (Å²) < 4.78 is 10.7. The number of ether oxygens (including phenoxy) is 2. The van der Waals surface area contributed by atoms with E-state index in [1.807, 2.05) is 36.4 Å². The molecule has 3 rings (SSSR count). The topological polar surface area (TPSA) is 50.8 Å². The lowest BCUT2D eigenvalue weighted by Gasteiger charge is -2.20. The molecule has 1 N–H and O–H groups in total. The van der Waals surface area contributed by atoms with Crippen LogP contribution in [0, 0.1) is 0 Å². The fourth-order valence-corrected chi connectivity index (χ4v) is 2.75. The number of hydrogen-bond donors (Lipinski definition) is 1. The van der Waals surface area contributed by atoms with Crippen molar-refractivity contribution >= 4 is 17.5 Å². The second-order valence-corrected chi connectivity index (χ2v) is 5.38. The predicted octanol–water partition coefficient (Wildman–Crippen LogP) is 3.91. The van der Waals surface area contributed by atoms with Crippen molar-refractivity contribution in [3.63, 3.8) is 0 Å². The summed E-state index contributed by atoms with van der Waals surface area (Å²) in [6.07, 6.45) is 1.81. The summed E-state index contributed by atoms with van der Waals surface area (Å²) in [6.45, 7) is 1.99. The second-order valence-electron chi connectivity index (χ2n) is 5.38. The molecule has 1 heterocycles. The molecule has 1 fully saturated rings. The minimum Gasteiger partial charge on any atom is -0.495 e. The van der Waals surface area contributed by atoms with E-state index < -0.39 is 6.09 Å². The number of benzene rings is 2. The van der Waals surface area contributed by atoms with Crippen molar-refractivity contribution in [2.75, 3.05) is 30.4 Å². The molecular weight excluding hydrogens is 292 g/mol. The summed E-state index contributed by atoms with van der Waals surface area (Å²) in [4.78, 5) is 14.5. The molecule has 0 radical (unpaired) electrons. The number of carbonyl (C=O) groups is 1. The molecule has 0 bridgehead atoms. The maximum Gasteiger partial charge on any atom is 0.417 e. The van der Waals surface area contributed by atoms with Gasteiger partial charge in [-0.15, -0.1) is 0 Å². The molecule has 0 saturated carbocycles. The van der Waals surface area contributed by atoms with Crippen molar-refractivity contribution in [3.05, 3.63) is 48.5 Å². The van der Waals surface area contributed by atoms with Gasteiger partial charge in [-0.2, -0.15) is 0 Å². The molecule has 23 heavy (non-hydrogen) atoms. The van der Waals surface area contributed by atoms with Crippen molar-refractivity contribution in [2.24, 2.45) is 0 Å². The van der Waals surface area contributed by atoms with Crippen molar-refractivity contribution < 1.29 is 14.3 Å². The normalized spacial score (nSPS) is 13.7. The third-order valence-corrected chi connectivity index (χ3v) is 3.86. The molecule has 1 aliphatic heterocycles. The molecule has 0 aliphatic carbocycles. The van der Waals surface area contributed by atoms with Crippen molar-refractivity contribution in [1.29, 1.82) is 0 Å². The van der Waals surface area contributed by atoms with Crippen LogP contribution in [-0.4, -0.2) is 26.3 Å². The third kappa shape index (κ3) is 3.56. The fraction of sp³-hybridized carbons (Fsp3) is 0.278. The Morgan fingerprint density at radius 1 is 1.00 bits per heavy atom. The van der Waals surface area contributed by atoms with Crippen molar-refractivity contribution in [1.82, 2.24) is 0 Å². The highest BCUT2D eigenvalue weighted by atomic mass is 16.6. The van der Waals surface area contributed by atoms with Crippen LogP contribution in [0.2, 0.25) is 0 Å². The predicted molar refractivity (Wildman–Crippen MR) is 90.5 cm³/mol. The van der Waals surface area contributed by atoms with Gasteiger partial charge in [-0.25, -0.2) is 4.79 Å². The molecular formula is C18H20N2O3. The molecule has 0 unspecified atom stereocenters. The van der Waals surface area contributed by atoms with Gasteiger partial charge in [0.25, 0.3) is 0 Å². The minimum absolute atomic E-state index is 0.527. The maximum absolute atomic E-state index is 12.2. The summed E-state index contributed by atoms with van der Waals surface area (Å²) >= 11 is 0. The van der Waals surface area contributed by atoms with Crippen LogP contribution in [-0.2, 0) is 0 Å². The second kappa shape index (κ2) is 7.05. The summed E-state index contributed by atoms with van der Waals surface area (Å²) in [5.41, 5.74) is 1.54. The van der Waals surface area contributed by atoms with Crippen LogP contribution < -0.4 is 19.7 Å². The Labute approximate surface area is 135 Å². The number of rotatable bonds is 4. The molecule has 0 spiro atoms. The number of nitrogens with zero attached hydrogens (tertiary/aromatic N) is 1. The highest BCUT2D eigenvalue weighted by molar-refractivity contribution is 5.89. The number of amides is 1.